The van der Waals surface area contributed by atoms with E-state index in [-0.39, 0.29) is 30.9 Å². The molecule has 1 atom stereocenters. The van der Waals surface area contributed by atoms with Gasteiger partial charge < -0.3 is 15.6 Å². The van der Waals surface area contributed by atoms with Gasteiger partial charge in [-0.15, -0.1) is 12.4 Å². The molecule has 0 radical (unpaired) electrons. The fourth-order valence-electron chi connectivity index (χ4n) is 1.67. The maximum Gasteiger partial charge on any atom is 0.257 e. The summed E-state index contributed by atoms with van der Waals surface area (Å²) in [4.78, 5) is 16.4. The summed E-state index contributed by atoms with van der Waals surface area (Å²) in [5.74, 6) is 0.636. The topological polar surface area (TPSA) is 94.0 Å². The summed E-state index contributed by atoms with van der Waals surface area (Å²) in [5.41, 5.74) is 5.72. The van der Waals surface area contributed by atoms with Gasteiger partial charge in [-0.05, 0) is 45.0 Å². The van der Waals surface area contributed by atoms with Crippen molar-refractivity contribution >= 4 is 29.9 Å². The summed E-state index contributed by atoms with van der Waals surface area (Å²) in [6, 6.07) is 6.70. The average Bonchev–Trinajstić information content (AvgIpc) is 2.97. The Hall–Kier alpha value is -1.63. The van der Waals surface area contributed by atoms with Crippen molar-refractivity contribution in [2.24, 2.45) is 11.1 Å². The Balaban J connectivity index is 0.00000264. The van der Waals surface area contributed by atoms with Crippen LogP contribution in [0.25, 0.3) is 11.5 Å². The standard InChI is InChI=1S/C15H19ClN4O2.ClH/c1-9(18-14(21)15(2,3)8-17)12-19-13(22-20-12)10-4-6-11(16)7-5-10;/h4-7,9H,8,17H2,1-3H3,(H,18,21);1H. The molecule has 2 rings (SSSR count). The lowest BCUT2D eigenvalue weighted by Gasteiger charge is -2.23. The highest BCUT2D eigenvalue weighted by Crippen LogP contribution is 2.22. The second-order valence-corrected chi connectivity index (χ2v) is 6.18. The summed E-state index contributed by atoms with van der Waals surface area (Å²) in [7, 11) is 0. The second-order valence-electron chi connectivity index (χ2n) is 5.75. The fourth-order valence-corrected chi connectivity index (χ4v) is 1.80. The van der Waals surface area contributed by atoms with Gasteiger partial charge in [0, 0.05) is 17.1 Å². The minimum atomic E-state index is -0.642. The highest BCUT2D eigenvalue weighted by molar-refractivity contribution is 6.30. The molecule has 6 nitrogen and oxygen atoms in total. The summed E-state index contributed by atoms with van der Waals surface area (Å²) >= 11 is 5.84. The highest BCUT2D eigenvalue weighted by Gasteiger charge is 2.28. The molecule has 0 saturated heterocycles. The lowest BCUT2D eigenvalue weighted by molar-refractivity contribution is -0.129. The van der Waals surface area contributed by atoms with Crippen molar-refractivity contribution in [1.29, 1.82) is 0 Å². The Labute approximate surface area is 146 Å². The number of carbonyl (C=O) groups excluding carboxylic acids is 1. The minimum Gasteiger partial charge on any atom is -0.346 e. The Morgan fingerprint density at radius 1 is 1.39 bits per heavy atom. The molecule has 23 heavy (non-hydrogen) atoms. The number of nitrogens with two attached hydrogens (primary N) is 1. The molecule has 1 amide bonds. The van der Waals surface area contributed by atoms with Crippen LogP contribution in [-0.2, 0) is 4.79 Å². The molecule has 0 bridgehead atoms. The molecule has 1 aromatic carbocycles. The van der Waals surface area contributed by atoms with Crippen LogP contribution in [-0.4, -0.2) is 22.6 Å². The number of hydrogen-bond donors (Lipinski definition) is 2. The number of aromatic nitrogens is 2. The van der Waals surface area contributed by atoms with Crippen LogP contribution in [0.4, 0.5) is 0 Å². The first kappa shape index (κ1) is 19.4. The molecule has 0 aliphatic heterocycles. The number of nitrogens with one attached hydrogen (secondary N) is 1. The lowest BCUT2D eigenvalue weighted by Crippen LogP contribution is -2.42. The van der Waals surface area contributed by atoms with E-state index in [1.54, 1.807) is 45.0 Å². The molecule has 1 unspecified atom stereocenters. The number of nitrogens with zero attached hydrogens (tertiary/aromatic N) is 2. The Morgan fingerprint density at radius 3 is 2.57 bits per heavy atom. The minimum absolute atomic E-state index is 0. The summed E-state index contributed by atoms with van der Waals surface area (Å²) in [5, 5.41) is 7.38. The molecule has 2 aromatic rings. The number of rotatable bonds is 5. The van der Waals surface area contributed by atoms with Crippen molar-refractivity contribution in [3.05, 3.63) is 35.1 Å². The van der Waals surface area contributed by atoms with Crippen molar-refractivity contribution in [2.75, 3.05) is 6.54 Å². The molecule has 1 aromatic heterocycles. The van der Waals surface area contributed by atoms with Crippen molar-refractivity contribution < 1.29 is 9.32 Å². The fraction of sp³-hybridized carbons (Fsp3) is 0.400. The van der Waals surface area contributed by atoms with Crippen LogP contribution in [0.1, 0.15) is 32.6 Å². The van der Waals surface area contributed by atoms with Gasteiger partial charge in [0.25, 0.3) is 5.89 Å². The van der Waals surface area contributed by atoms with Gasteiger partial charge in [-0.2, -0.15) is 4.98 Å². The molecule has 0 fully saturated rings. The van der Waals surface area contributed by atoms with Crippen molar-refractivity contribution in [3.63, 3.8) is 0 Å². The van der Waals surface area contributed by atoms with Gasteiger partial charge in [-0.25, -0.2) is 0 Å². The maximum atomic E-state index is 12.1. The first-order valence-corrected chi connectivity index (χ1v) is 7.32. The van der Waals surface area contributed by atoms with Crippen molar-refractivity contribution in [3.8, 4) is 11.5 Å². The zero-order chi connectivity index (χ0) is 16.3. The zero-order valence-electron chi connectivity index (χ0n) is 13.2. The number of amides is 1. The smallest absolute Gasteiger partial charge is 0.257 e. The average molecular weight is 359 g/mol. The normalized spacial score (nSPS) is 12.4. The third-order valence-corrected chi connectivity index (χ3v) is 3.64. The Kier molecular flexibility index (Phi) is 6.56. The van der Waals surface area contributed by atoms with E-state index in [9.17, 15) is 4.79 Å². The van der Waals surface area contributed by atoms with Crippen LogP contribution in [0, 0.1) is 5.41 Å². The van der Waals surface area contributed by atoms with E-state index in [1.807, 2.05) is 0 Å². The van der Waals surface area contributed by atoms with E-state index >= 15 is 0 Å². The maximum absolute atomic E-state index is 12.1. The van der Waals surface area contributed by atoms with Crippen LogP contribution in [0.5, 0.6) is 0 Å². The first-order valence-electron chi connectivity index (χ1n) is 6.94. The molecule has 0 aliphatic rings. The summed E-state index contributed by atoms with van der Waals surface area (Å²) in [6.07, 6.45) is 0. The Bertz CT molecular complexity index is 656. The zero-order valence-corrected chi connectivity index (χ0v) is 14.7. The van der Waals surface area contributed by atoms with Crippen molar-refractivity contribution in [1.82, 2.24) is 15.5 Å². The molecule has 3 N–H and O–H groups in total. The molecule has 0 saturated carbocycles. The van der Waals surface area contributed by atoms with E-state index in [0.29, 0.717) is 16.7 Å². The monoisotopic (exact) mass is 358 g/mol. The molecule has 8 heteroatoms. The molecule has 0 aliphatic carbocycles. The summed E-state index contributed by atoms with van der Waals surface area (Å²) < 4.78 is 5.23. The van der Waals surface area contributed by atoms with Crippen LogP contribution in [0.3, 0.4) is 0 Å². The van der Waals surface area contributed by atoms with Crippen LogP contribution >= 0.6 is 24.0 Å². The van der Waals surface area contributed by atoms with Gasteiger partial charge >= 0.3 is 0 Å². The Morgan fingerprint density at radius 2 is 2.00 bits per heavy atom. The quantitative estimate of drug-likeness (QED) is 0.856. The predicted molar refractivity (Wildman–Crippen MR) is 91.4 cm³/mol. The lowest BCUT2D eigenvalue weighted by atomic mass is 9.92. The molecular weight excluding hydrogens is 339 g/mol. The molecule has 126 valence electrons. The number of carbonyl (C=O) groups is 1. The number of benzene rings is 1. The van der Waals surface area contributed by atoms with Gasteiger partial charge in [0.1, 0.15) is 0 Å². The van der Waals surface area contributed by atoms with Crippen molar-refractivity contribution in [2.45, 2.75) is 26.8 Å². The van der Waals surface area contributed by atoms with E-state index in [1.165, 1.54) is 0 Å². The van der Waals surface area contributed by atoms with Crippen LogP contribution in [0.15, 0.2) is 28.8 Å². The molecular formula is C15H20Cl2N4O2. The predicted octanol–water partition coefficient (Wildman–Crippen LogP) is 2.97. The van der Waals surface area contributed by atoms with E-state index in [2.05, 4.69) is 15.5 Å². The first-order chi connectivity index (χ1) is 10.3. The van der Waals surface area contributed by atoms with E-state index < -0.39 is 5.41 Å². The van der Waals surface area contributed by atoms with Crippen LogP contribution < -0.4 is 11.1 Å². The highest BCUT2D eigenvalue weighted by atomic mass is 35.5. The summed E-state index contributed by atoms with van der Waals surface area (Å²) in [6.45, 7) is 5.61. The van der Waals surface area contributed by atoms with Gasteiger partial charge in [0.2, 0.25) is 5.91 Å². The van der Waals surface area contributed by atoms with Gasteiger partial charge in [0.05, 0.1) is 11.5 Å². The number of halogens is 2. The second kappa shape index (κ2) is 7.77. The third kappa shape index (κ3) is 4.67. The molecule has 0 spiro atoms. The van der Waals surface area contributed by atoms with Gasteiger partial charge in [-0.1, -0.05) is 16.8 Å². The van der Waals surface area contributed by atoms with Gasteiger partial charge in [0.15, 0.2) is 5.82 Å². The SMILES string of the molecule is CC(NC(=O)C(C)(C)CN)c1noc(-c2ccc(Cl)cc2)n1.Cl. The van der Waals surface area contributed by atoms with Crippen LogP contribution in [0.2, 0.25) is 5.02 Å². The third-order valence-electron chi connectivity index (χ3n) is 3.39. The number of hydrogen-bond acceptors (Lipinski definition) is 5. The van der Waals surface area contributed by atoms with E-state index in [4.69, 9.17) is 21.9 Å². The van der Waals surface area contributed by atoms with Gasteiger partial charge in [-0.3, -0.25) is 4.79 Å². The largest absolute Gasteiger partial charge is 0.346 e. The van der Waals surface area contributed by atoms with E-state index in [0.717, 1.165) is 5.56 Å². The molecule has 1 heterocycles.